The normalized spacial score (nSPS) is 22.0. The third-order valence-corrected chi connectivity index (χ3v) is 3.38. The summed E-state index contributed by atoms with van der Waals surface area (Å²) in [6, 6.07) is 0. The zero-order chi connectivity index (χ0) is 11.4. The summed E-state index contributed by atoms with van der Waals surface area (Å²) in [7, 11) is 1.99. The van der Waals surface area contributed by atoms with Gasteiger partial charge in [0.2, 0.25) is 0 Å². The van der Waals surface area contributed by atoms with E-state index in [0.717, 1.165) is 37.0 Å². The van der Waals surface area contributed by atoms with Gasteiger partial charge in [0.25, 0.3) is 0 Å². The molecule has 1 aliphatic heterocycles. The summed E-state index contributed by atoms with van der Waals surface area (Å²) in [5, 5.41) is 7.94. The van der Waals surface area contributed by atoms with Gasteiger partial charge in [-0.15, -0.1) is 0 Å². The van der Waals surface area contributed by atoms with Crippen molar-refractivity contribution in [2.45, 2.75) is 39.0 Å². The molecule has 16 heavy (non-hydrogen) atoms. The van der Waals surface area contributed by atoms with E-state index in [4.69, 9.17) is 0 Å². The Kier molecular flexibility index (Phi) is 3.93. The number of nitrogens with one attached hydrogen (secondary N) is 1. The lowest BCUT2D eigenvalue weighted by Gasteiger charge is -2.10. The Morgan fingerprint density at radius 2 is 2.25 bits per heavy atom. The minimum Gasteiger partial charge on any atom is -0.317 e. The molecule has 1 fully saturated rings. The Morgan fingerprint density at radius 1 is 1.38 bits per heavy atom. The molecular weight excluding hydrogens is 200 g/mol. The SMILES string of the molecule is CCc1nc(CC2CCCNCC2)nn1C. The second-order valence-corrected chi connectivity index (χ2v) is 4.67. The molecule has 1 atom stereocenters. The van der Waals surface area contributed by atoms with E-state index in [-0.39, 0.29) is 0 Å². The first kappa shape index (κ1) is 11.6. The second-order valence-electron chi connectivity index (χ2n) is 4.67. The monoisotopic (exact) mass is 222 g/mol. The molecule has 4 heteroatoms. The van der Waals surface area contributed by atoms with Crippen molar-refractivity contribution in [1.29, 1.82) is 0 Å². The van der Waals surface area contributed by atoms with Crippen LogP contribution in [0.5, 0.6) is 0 Å². The van der Waals surface area contributed by atoms with Gasteiger partial charge in [-0.25, -0.2) is 4.98 Å². The van der Waals surface area contributed by atoms with Gasteiger partial charge in [0.15, 0.2) is 5.82 Å². The summed E-state index contributed by atoms with van der Waals surface area (Å²) in [6.45, 7) is 4.45. The third-order valence-electron chi connectivity index (χ3n) is 3.38. The molecule has 0 saturated carbocycles. The fraction of sp³-hybridized carbons (Fsp3) is 0.833. The first-order valence-electron chi connectivity index (χ1n) is 6.39. The maximum atomic E-state index is 4.58. The predicted octanol–water partition coefficient (Wildman–Crippen LogP) is 1.31. The highest BCUT2D eigenvalue weighted by Gasteiger charge is 2.15. The molecule has 1 aliphatic rings. The van der Waals surface area contributed by atoms with Crippen LogP contribution in [0.15, 0.2) is 0 Å². The quantitative estimate of drug-likeness (QED) is 0.838. The highest BCUT2D eigenvalue weighted by atomic mass is 15.3. The smallest absolute Gasteiger partial charge is 0.151 e. The number of nitrogens with zero attached hydrogens (tertiary/aromatic N) is 3. The Morgan fingerprint density at radius 3 is 3.00 bits per heavy atom. The molecule has 1 unspecified atom stereocenters. The highest BCUT2D eigenvalue weighted by molar-refractivity contribution is 4.94. The fourth-order valence-corrected chi connectivity index (χ4v) is 2.42. The van der Waals surface area contributed by atoms with E-state index in [1.54, 1.807) is 0 Å². The standard InChI is InChI=1S/C12H22N4/c1-3-12-14-11(15-16(12)2)9-10-5-4-7-13-8-6-10/h10,13H,3-9H2,1-2H3. The summed E-state index contributed by atoms with van der Waals surface area (Å²) in [6.07, 6.45) is 5.88. The van der Waals surface area contributed by atoms with Crippen molar-refractivity contribution in [3.8, 4) is 0 Å². The van der Waals surface area contributed by atoms with E-state index < -0.39 is 0 Å². The largest absolute Gasteiger partial charge is 0.317 e. The van der Waals surface area contributed by atoms with E-state index in [1.165, 1.54) is 25.8 Å². The van der Waals surface area contributed by atoms with Crippen molar-refractivity contribution in [2.75, 3.05) is 13.1 Å². The van der Waals surface area contributed by atoms with Crippen LogP contribution >= 0.6 is 0 Å². The Bertz CT molecular complexity index is 324. The van der Waals surface area contributed by atoms with Crippen molar-refractivity contribution in [1.82, 2.24) is 20.1 Å². The minimum absolute atomic E-state index is 0.766. The molecule has 1 N–H and O–H groups in total. The van der Waals surface area contributed by atoms with Crippen molar-refractivity contribution >= 4 is 0 Å². The van der Waals surface area contributed by atoms with E-state index in [1.807, 2.05) is 11.7 Å². The maximum Gasteiger partial charge on any atom is 0.151 e. The average Bonchev–Trinajstić information content (AvgIpc) is 2.50. The molecular formula is C12H22N4. The molecule has 0 aliphatic carbocycles. The van der Waals surface area contributed by atoms with Crippen molar-refractivity contribution < 1.29 is 0 Å². The van der Waals surface area contributed by atoms with E-state index in [0.29, 0.717) is 0 Å². The van der Waals surface area contributed by atoms with Gasteiger partial charge in [-0.3, -0.25) is 4.68 Å². The molecule has 1 aromatic rings. The predicted molar refractivity (Wildman–Crippen MR) is 64.3 cm³/mol. The first-order valence-corrected chi connectivity index (χ1v) is 6.39. The number of aryl methyl sites for hydroxylation is 2. The molecule has 1 aromatic heterocycles. The lowest BCUT2D eigenvalue weighted by Crippen LogP contribution is -2.14. The first-order chi connectivity index (χ1) is 7.79. The molecule has 2 heterocycles. The minimum atomic E-state index is 0.766. The molecule has 0 bridgehead atoms. The van der Waals surface area contributed by atoms with Crippen molar-refractivity contribution in [2.24, 2.45) is 13.0 Å². The lowest BCUT2D eigenvalue weighted by molar-refractivity contribution is 0.458. The number of hydrogen-bond donors (Lipinski definition) is 1. The molecule has 4 nitrogen and oxygen atoms in total. The van der Waals surface area contributed by atoms with Crippen LogP contribution in [0.2, 0.25) is 0 Å². The number of rotatable bonds is 3. The highest BCUT2D eigenvalue weighted by Crippen LogP contribution is 2.17. The second kappa shape index (κ2) is 5.43. The third kappa shape index (κ3) is 2.82. The fourth-order valence-electron chi connectivity index (χ4n) is 2.42. The summed E-state index contributed by atoms with van der Waals surface area (Å²) >= 11 is 0. The van der Waals surface area contributed by atoms with Crippen LogP contribution in [-0.4, -0.2) is 27.9 Å². The van der Waals surface area contributed by atoms with Gasteiger partial charge < -0.3 is 5.32 Å². The molecule has 2 rings (SSSR count). The van der Waals surface area contributed by atoms with E-state index in [9.17, 15) is 0 Å². The van der Waals surface area contributed by atoms with Gasteiger partial charge >= 0.3 is 0 Å². The molecule has 90 valence electrons. The Hall–Kier alpha value is -0.900. The number of hydrogen-bond acceptors (Lipinski definition) is 3. The van der Waals surface area contributed by atoms with Gasteiger partial charge in [0, 0.05) is 19.9 Å². The molecule has 0 spiro atoms. The zero-order valence-electron chi connectivity index (χ0n) is 10.4. The van der Waals surface area contributed by atoms with Gasteiger partial charge in [-0.2, -0.15) is 5.10 Å². The van der Waals surface area contributed by atoms with Crippen LogP contribution in [0.1, 0.15) is 37.8 Å². The summed E-state index contributed by atoms with van der Waals surface area (Å²) in [5.74, 6) is 2.90. The molecule has 0 radical (unpaired) electrons. The Balaban J connectivity index is 1.96. The van der Waals surface area contributed by atoms with Crippen LogP contribution in [0, 0.1) is 5.92 Å². The Labute approximate surface area is 97.5 Å². The van der Waals surface area contributed by atoms with E-state index in [2.05, 4.69) is 22.3 Å². The van der Waals surface area contributed by atoms with Crippen molar-refractivity contribution in [3.63, 3.8) is 0 Å². The topological polar surface area (TPSA) is 42.7 Å². The average molecular weight is 222 g/mol. The summed E-state index contributed by atoms with van der Waals surface area (Å²) < 4.78 is 1.92. The van der Waals surface area contributed by atoms with Crippen LogP contribution in [0.25, 0.3) is 0 Å². The van der Waals surface area contributed by atoms with Gasteiger partial charge in [0.05, 0.1) is 0 Å². The van der Waals surface area contributed by atoms with Gasteiger partial charge in [-0.05, 0) is 38.3 Å². The van der Waals surface area contributed by atoms with Gasteiger partial charge in [-0.1, -0.05) is 6.92 Å². The van der Waals surface area contributed by atoms with Crippen LogP contribution in [-0.2, 0) is 19.9 Å². The zero-order valence-corrected chi connectivity index (χ0v) is 10.4. The molecule has 0 amide bonds. The van der Waals surface area contributed by atoms with Crippen molar-refractivity contribution in [3.05, 3.63) is 11.6 Å². The lowest BCUT2D eigenvalue weighted by atomic mass is 9.97. The summed E-state index contributed by atoms with van der Waals surface area (Å²) in [5.41, 5.74) is 0. The molecule has 1 saturated heterocycles. The van der Waals surface area contributed by atoms with E-state index >= 15 is 0 Å². The van der Waals surface area contributed by atoms with Crippen LogP contribution in [0.4, 0.5) is 0 Å². The van der Waals surface area contributed by atoms with Crippen LogP contribution < -0.4 is 5.32 Å². The molecule has 0 aromatic carbocycles. The maximum absolute atomic E-state index is 4.58. The van der Waals surface area contributed by atoms with Gasteiger partial charge in [0.1, 0.15) is 5.82 Å². The summed E-state index contributed by atoms with van der Waals surface area (Å²) in [4.78, 5) is 4.58. The van der Waals surface area contributed by atoms with Crippen LogP contribution in [0.3, 0.4) is 0 Å². The number of aromatic nitrogens is 3.